The molecule has 1 aliphatic heterocycles. The lowest BCUT2D eigenvalue weighted by Gasteiger charge is -2.38. The molecule has 3 nitrogen and oxygen atoms in total. The molecule has 1 aromatic rings. The third-order valence-corrected chi connectivity index (χ3v) is 3.87. The third-order valence-electron chi connectivity index (χ3n) is 3.87. The number of rotatable bonds is 2. The van der Waals surface area contributed by atoms with Crippen molar-refractivity contribution in [1.82, 2.24) is 10.2 Å². The lowest BCUT2D eigenvalue weighted by molar-refractivity contribution is -0.132. The van der Waals surface area contributed by atoms with Gasteiger partial charge in [-0.15, -0.1) is 0 Å². The Morgan fingerprint density at radius 3 is 2.42 bits per heavy atom. The summed E-state index contributed by atoms with van der Waals surface area (Å²) in [5.41, 5.74) is 0.920. The van der Waals surface area contributed by atoms with Crippen LogP contribution in [0.1, 0.15) is 39.4 Å². The zero-order valence-electron chi connectivity index (χ0n) is 11.9. The smallest absolute Gasteiger partial charge is 0.238 e. The van der Waals surface area contributed by atoms with Crippen molar-refractivity contribution in [2.24, 2.45) is 5.41 Å². The predicted octanol–water partition coefficient (Wildman–Crippen LogP) is 2.69. The van der Waals surface area contributed by atoms with Gasteiger partial charge in [0.2, 0.25) is 5.91 Å². The molecule has 1 saturated heterocycles. The van der Waals surface area contributed by atoms with Crippen molar-refractivity contribution in [2.45, 2.75) is 39.9 Å². The number of amides is 1. The van der Waals surface area contributed by atoms with Crippen LogP contribution in [0.3, 0.4) is 0 Å². The van der Waals surface area contributed by atoms with Gasteiger partial charge < -0.3 is 4.90 Å². The molecular formula is C15H21FN2O. The Balaban J connectivity index is 2.29. The predicted molar refractivity (Wildman–Crippen MR) is 72.9 cm³/mol. The van der Waals surface area contributed by atoms with Crippen LogP contribution in [0.2, 0.25) is 0 Å². The summed E-state index contributed by atoms with van der Waals surface area (Å²) in [7, 11) is 0. The van der Waals surface area contributed by atoms with Crippen molar-refractivity contribution in [3.63, 3.8) is 0 Å². The molecule has 1 amide bonds. The molecule has 2 unspecified atom stereocenters. The summed E-state index contributed by atoms with van der Waals surface area (Å²) in [5, 5.41) is 3.20. The minimum Gasteiger partial charge on any atom is -0.319 e. The molecule has 1 fully saturated rings. The van der Waals surface area contributed by atoms with E-state index < -0.39 is 0 Å². The minimum absolute atomic E-state index is 0.0000393. The Bertz CT molecular complexity index is 464. The SMILES string of the molecule is CC(N1C(=O)CNC1c1ccc(F)cc1)C(C)(C)C. The fourth-order valence-corrected chi connectivity index (χ4v) is 2.30. The van der Waals surface area contributed by atoms with Crippen molar-refractivity contribution in [3.05, 3.63) is 35.6 Å². The van der Waals surface area contributed by atoms with Gasteiger partial charge in [0.05, 0.1) is 6.54 Å². The van der Waals surface area contributed by atoms with Gasteiger partial charge in [0.15, 0.2) is 0 Å². The van der Waals surface area contributed by atoms with Crippen LogP contribution in [-0.4, -0.2) is 23.4 Å². The highest BCUT2D eigenvalue weighted by atomic mass is 19.1. The van der Waals surface area contributed by atoms with Gasteiger partial charge >= 0.3 is 0 Å². The lowest BCUT2D eigenvalue weighted by Crippen LogP contribution is -2.45. The lowest BCUT2D eigenvalue weighted by atomic mass is 9.86. The molecule has 1 aliphatic rings. The van der Waals surface area contributed by atoms with E-state index in [1.165, 1.54) is 12.1 Å². The van der Waals surface area contributed by atoms with E-state index in [-0.39, 0.29) is 29.3 Å². The second-order valence-corrected chi connectivity index (χ2v) is 6.18. The molecule has 0 bridgehead atoms. The molecular weight excluding hydrogens is 243 g/mol. The van der Waals surface area contributed by atoms with Gasteiger partial charge in [-0.25, -0.2) is 4.39 Å². The van der Waals surface area contributed by atoms with Gasteiger partial charge in [-0.1, -0.05) is 32.9 Å². The second kappa shape index (κ2) is 4.93. The number of nitrogens with zero attached hydrogens (tertiary/aromatic N) is 1. The van der Waals surface area contributed by atoms with E-state index in [1.807, 2.05) is 4.90 Å². The van der Waals surface area contributed by atoms with E-state index in [1.54, 1.807) is 12.1 Å². The summed E-state index contributed by atoms with van der Waals surface area (Å²) >= 11 is 0. The number of hydrogen-bond acceptors (Lipinski definition) is 2. The van der Waals surface area contributed by atoms with Crippen molar-refractivity contribution >= 4 is 5.91 Å². The molecule has 1 aromatic carbocycles. The average Bonchev–Trinajstić information content (AvgIpc) is 2.70. The Morgan fingerprint density at radius 1 is 1.32 bits per heavy atom. The molecule has 1 heterocycles. The first-order valence-corrected chi connectivity index (χ1v) is 6.60. The topological polar surface area (TPSA) is 32.3 Å². The zero-order valence-corrected chi connectivity index (χ0v) is 11.9. The van der Waals surface area contributed by atoms with Gasteiger partial charge in [0.1, 0.15) is 12.0 Å². The first kappa shape index (κ1) is 14.0. The molecule has 1 N–H and O–H groups in total. The van der Waals surface area contributed by atoms with Crippen LogP contribution < -0.4 is 5.32 Å². The molecule has 0 saturated carbocycles. The fourth-order valence-electron chi connectivity index (χ4n) is 2.30. The Morgan fingerprint density at radius 2 is 1.89 bits per heavy atom. The maximum atomic E-state index is 13.0. The van der Waals surface area contributed by atoms with Crippen LogP contribution in [-0.2, 0) is 4.79 Å². The number of carbonyl (C=O) groups excluding carboxylic acids is 1. The first-order valence-electron chi connectivity index (χ1n) is 6.60. The molecule has 2 atom stereocenters. The largest absolute Gasteiger partial charge is 0.319 e. The molecule has 4 heteroatoms. The van der Waals surface area contributed by atoms with Crippen LogP contribution in [0.5, 0.6) is 0 Å². The maximum Gasteiger partial charge on any atom is 0.238 e. The average molecular weight is 264 g/mol. The van der Waals surface area contributed by atoms with E-state index in [0.29, 0.717) is 6.54 Å². The number of nitrogens with one attached hydrogen (secondary N) is 1. The number of carbonyl (C=O) groups is 1. The van der Waals surface area contributed by atoms with Crippen LogP contribution in [0.15, 0.2) is 24.3 Å². The zero-order chi connectivity index (χ0) is 14.2. The van der Waals surface area contributed by atoms with E-state index in [4.69, 9.17) is 0 Å². The number of hydrogen-bond donors (Lipinski definition) is 1. The highest BCUT2D eigenvalue weighted by Gasteiger charge is 2.39. The van der Waals surface area contributed by atoms with Crippen LogP contribution in [0, 0.1) is 11.2 Å². The molecule has 19 heavy (non-hydrogen) atoms. The Labute approximate surface area is 113 Å². The minimum atomic E-state index is -0.261. The molecule has 104 valence electrons. The normalized spacial score (nSPS) is 21.8. The van der Waals surface area contributed by atoms with Crippen molar-refractivity contribution < 1.29 is 9.18 Å². The van der Waals surface area contributed by atoms with E-state index in [2.05, 4.69) is 33.0 Å². The summed E-state index contributed by atoms with van der Waals surface area (Å²) < 4.78 is 13.0. The van der Waals surface area contributed by atoms with Gasteiger partial charge in [0, 0.05) is 6.04 Å². The fraction of sp³-hybridized carbons (Fsp3) is 0.533. The Hall–Kier alpha value is -1.42. The van der Waals surface area contributed by atoms with Gasteiger partial charge in [-0.3, -0.25) is 10.1 Å². The van der Waals surface area contributed by atoms with Crippen molar-refractivity contribution in [1.29, 1.82) is 0 Å². The summed E-state index contributed by atoms with van der Waals surface area (Å²) in [6.07, 6.45) is -0.165. The molecule has 0 spiro atoms. The molecule has 0 aliphatic carbocycles. The number of halogens is 1. The van der Waals surface area contributed by atoms with Gasteiger partial charge in [-0.2, -0.15) is 0 Å². The number of benzene rings is 1. The van der Waals surface area contributed by atoms with E-state index in [9.17, 15) is 9.18 Å². The van der Waals surface area contributed by atoms with Crippen LogP contribution >= 0.6 is 0 Å². The van der Waals surface area contributed by atoms with Gasteiger partial charge in [-0.05, 0) is 30.0 Å². The van der Waals surface area contributed by atoms with E-state index >= 15 is 0 Å². The quantitative estimate of drug-likeness (QED) is 0.890. The first-order chi connectivity index (χ1) is 8.80. The molecule has 2 rings (SSSR count). The second-order valence-electron chi connectivity index (χ2n) is 6.18. The van der Waals surface area contributed by atoms with Crippen LogP contribution in [0.25, 0.3) is 0 Å². The van der Waals surface area contributed by atoms with E-state index in [0.717, 1.165) is 5.56 Å². The summed E-state index contributed by atoms with van der Waals surface area (Å²) in [6, 6.07) is 6.42. The third kappa shape index (κ3) is 2.78. The molecule has 0 radical (unpaired) electrons. The summed E-state index contributed by atoms with van der Waals surface area (Å²) in [5.74, 6) is -0.166. The van der Waals surface area contributed by atoms with Gasteiger partial charge in [0.25, 0.3) is 0 Å². The monoisotopic (exact) mass is 264 g/mol. The summed E-state index contributed by atoms with van der Waals surface area (Å²) in [4.78, 5) is 14.0. The highest BCUT2D eigenvalue weighted by molar-refractivity contribution is 5.81. The Kier molecular flexibility index (Phi) is 3.63. The molecule has 0 aromatic heterocycles. The highest BCUT2D eigenvalue weighted by Crippen LogP contribution is 2.32. The van der Waals surface area contributed by atoms with Crippen molar-refractivity contribution in [3.8, 4) is 0 Å². The van der Waals surface area contributed by atoms with Crippen LogP contribution in [0.4, 0.5) is 4.39 Å². The standard InChI is InChI=1S/C15H21FN2O/c1-10(15(2,3)4)18-13(19)9-17-14(18)11-5-7-12(16)8-6-11/h5-8,10,14,17H,9H2,1-4H3. The summed E-state index contributed by atoms with van der Waals surface area (Å²) in [6.45, 7) is 8.74. The van der Waals surface area contributed by atoms with Crippen molar-refractivity contribution in [2.75, 3.05) is 6.54 Å². The maximum absolute atomic E-state index is 13.0.